The van der Waals surface area contributed by atoms with Crippen LogP contribution in [0.3, 0.4) is 0 Å². The molecule has 0 radical (unpaired) electrons. The molecule has 232 valence electrons. The Morgan fingerprint density at radius 1 is 0.930 bits per heavy atom. The zero-order valence-corrected chi connectivity index (χ0v) is 26.1. The molecule has 0 unspecified atom stereocenters. The SMILES string of the molecule is CCN(CC)[C@@H](C(=O)N[C@@H]1CCc2cc(NC(=O)[C@@H](NC(=O)c3ccnn3C(C)C)C(C3CC3)C3CC3)ccc21)C1CC1. The van der Waals surface area contributed by atoms with Crippen LogP contribution >= 0.6 is 0 Å². The fourth-order valence-electron chi connectivity index (χ4n) is 7.38. The van der Waals surface area contributed by atoms with Gasteiger partial charge in [-0.25, -0.2) is 0 Å². The monoisotopic (exact) mass is 588 g/mol. The molecule has 2 aromatic rings. The minimum atomic E-state index is -0.595. The van der Waals surface area contributed by atoms with E-state index in [9.17, 15) is 14.4 Å². The molecule has 3 atom stereocenters. The van der Waals surface area contributed by atoms with Gasteiger partial charge in [-0.2, -0.15) is 5.10 Å². The molecule has 6 rings (SSSR count). The number of anilines is 1. The van der Waals surface area contributed by atoms with Crippen molar-refractivity contribution in [2.75, 3.05) is 18.4 Å². The molecular weight excluding hydrogens is 540 g/mol. The number of benzene rings is 1. The summed E-state index contributed by atoms with van der Waals surface area (Å²) < 4.78 is 1.71. The quantitative estimate of drug-likeness (QED) is 0.292. The molecule has 0 bridgehead atoms. The second-order valence-electron chi connectivity index (χ2n) is 13.5. The molecule has 0 saturated heterocycles. The number of rotatable bonds is 14. The van der Waals surface area contributed by atoms with Gasteiger partial charge in [-0.15, -0.1) is 0 Å². The zero-order chi connectivity index (χ0) is 30.2. The molecule has 1 aromatic carbocycles. The fourth-order valence-corrected chi connectivity index (χ4v) is 7.38. The highest BCUT2D eigenvalue weighted by Crippen LogP contribution is 2.51. The number of aryl methyl sites for hydroxylation is 1. The van der Waals surface area contributed by atoms with E-state index in [1.165, 1.54) is 0 Å². The molecule has 9 nitrogen and oxygen atoms in total. The van der Waals surface area contributed by atoms with Gasteiger partial charge in [0.1, 0.15) is 11.7 Å². The number of nitrogens with one attached hydrogen (secondary N) is 3. The molecule has 3 saturated carbocycles. The molecule has 0 aliphatic heterocycles. The maximum atomic E-state index is 13.9. The molecule has 4 aliphatic carbocycles. The molecule has 3 N–H and O–H groups in total. The maximum Gasteiger partial charge on any atom is 0.270 e. The predicted molar refractivity (Wildman–Crippen MR) is 167 cm³/mol. The first-order valence-corrected chi connectivity index (χ1v) is 16.6. The van der Waals surface area contributed by atoms with Crippen molar-refractivity contribution in [2.24, 2.45) is 23.7 Å². The van der Waals surface area contributed by atoms with E-state index in [-0.39, 0.29) is 41.8 Å². The average Bonchev–Trinajstić information content (AvgIpc) is 3.91. The summed E-state index contributed by atoms with van der Waals surface area (Å²) in [6.45, 7) is 9.99. The Kier molecular flexibility index (Phi) is 8.63. The van der Waals surface area contributed by atoms with Crippen LogP contribution in [0, 0.1) is 23.7 Å². The van der Waals surface area contributed by atoms with Gasteiger partial charge in [0.15, 0.2) is 0 Å². The number of hydrogen-bond acceptors (Lipinski definition) is 5. The summed E-state index contributed by atoms with van der Waals surface area (Å²) >= 11 is 0. The number of amides is 3. The summed E-state index contributed by atoms with van der Waals surface area (Å²) in [6, 6.07) is 7.17. The molecule has 0 spiro atoms. The van der Waals surface area contributed by atoms with Gasteiger partial charge < -0.3 is 16.0 Å². The van der Waals surface area contributed by atoms with Crippen LogP contribution < -0.4 is 16.0 Å². The molecule has 1 aromatic heterocycles. The van der Waals surface area contributed by atoms with E-state index in [1.807, 2.05) is 19.9 Å². The highest BCUT2D eigenvalue weighted by atomic mass is 16.2. The molecule has 3 fully saturated rings. The molecule has 3 amide bonds. The first kappa shape index (κ1) is 29.9. The standard InChI is InChI=1S/C34H48N6O3/c1-5-39(6-2)31(23-11-12-23)34(43)37-27-16-13-24-19-25(14-15-26(24)27)36-33(42)30(29(21-7-8-21)22-9-10-22)38-32(41)28-17-18-35-40(28)20(3)4/h14-15,17-23,27,29-31H,5-13,16H2,1-4H3,(H,36,42)(H,37,43)(H,38,41)/t27-,30+,31-/m1/s1. The number of fused-ring (bicyclic) bond motifs is 1. The van der Waals surface area contributed by atoms with Crippen LogP contribution in [-0.4, -0.2) is 57.6 Å². The average molecular weight is 589 g/mol. The van der Waals surface area contributed by atoms with Gasteiger partial charge in [-0.3, -0.25) is 24.0 Å². The molecule has 4 aliphatic rings. The van der Waals surface area contributed by atoms with E-state index in [1.54, 1.807) is 16.9 Å². The lowest BCUT2D eigenvalue weighted by atomic mass is 9.88. The summed E-state index contributed by atoms with van der Waals surface area (Å²) in [5.41, 5.74) is 3.53. The van der Waals surface area contributed by atoms with Gasteiger partial charge in [-0.1, -0.05) is 19.9 Å². The Morgan fingerprint density at radius 2 is 1.60 bits per heavy atom. The van der Waals surface area contributed by atoms with E-state index in [4.69, 9.17) is 0 Å². The Morgan fingerprint density at radius 3 is 2.21 bits per heavy atom. The van der Waals surface area contributed by atoms with Crippen LogP contribution in [0.25, 0.3) is 0 Å². The van der Waals surface area contributed by atoms with Gasteiger partial charge >= 0.3 is 0 Å². The third-order valence-corrected chi connectivity index (χ3v) is 10.0. The number of hydrogen-bond donors (Lipinski definition) is 3. The van der Waals surface area contributed by atoms with Gasteiger partial charge in [0.25, 0.3) is 5.91 Å². The van der Waals surface area contributed by atoms with E-state index in [2.05, 4.69) is 51.9 Å². The summed E-state index contributed by atoms with van der Waals surface area (Å²) in [5, 5.41) is 14.0. The predicted octanol–water partition coefficient (Wildman–Crippen LogP) is 4.86. The van der Waals surface area contributed by atoms with Crippen molar-refractivity contribution in [3.05, 3.63) is 47.3 Å². The Balaban J connectivity index is 1.16. The molecule has 1 heterocycles. The number of nitrogens with zero attached hydrogens (tertiary/aromatic N) is 3. The van der Waals surface area contributed by atoms with Crippen molar-refractivity contribution < 1.29 is 14.4 Å². The summed E-state index contributed by atoms with van der Waals surface area (Å²) in [6.07, 6.45) is 10.1. The fraction of sp³-hybridized carbons (Fsp3) is 0.647. The zero-order valence-electron chi connectivity index (χ0n) is 26.1. The third kappa shape index (κ3) is 6.52. The van der Waals surface area contributed by atoms with E-state index >= 15 is 0 Å². The number of carbonyl (C=O) groups excluding carboxylic acids is 3. The van der Waals surface area contributed by atoms with Crippen LogP contribution in [0.15, 0.2) is 30.5 Å². The van der Waals surface area contributed by atoms with Crippen LogP contribution in [0.2, 0.25) is 0 Å². The van der Waals surface area contributed by atoms with Gasteiger partial charge in [-0.05, 0) is 131 Å². The van der Waals surface area contributed by atoms with E-state index in [0.29, 0.717) is 23.4 Å². The van der Waals surface area contributed by atoms with Crippen molar-refractivity contribution in [3.8, 4) is 0 Å². The molecular formula is C34H48N6O3. The van der Waals surface area contributed by atoms with Crippen LogP contribution in [0.1, 0.15) is 106 Å². The van der Waals surface area contributed by atoms with Crippen LogP contribution in [0.5, 0.6) is 0 Å². The Labute approximate surface area is 255 Å². The van der Waals surface area contributed by atoms with Gasteiger partial charge in [0.05, 0.1) is 12.1 Å². The van der Waals surface area contributed by atoms with Crippen molar-refractivity contribution >= 4 is 23.4 Å². The number of likely N-dealkylation sites (N-methyl/N-ethyl adjacent to an activating group) is 1. The lowest BCUT2D eigenvalue weighted by molar-refractivity contribution is -0.128. The Hall–Kier alpha value is -3.20. The van der Waals surface area contributed by atoms with E-state index < -0.39 is 6.04 Å². The first-order valence-electron chi connectivity index (χ1n) is 16.6. The van der Waals surface area contributed by atoms with Crippen molar-refractivity contribution in [3.63, 3.8) is 0 Å². The third-order valence-electron chi connectivity index (χ3n) is 10.0. The first-order chi connectivity index (χ1) is 20.8. The van der Waals surface area contributed by atoms with Crippen molar-refractivity contribution in [1.29, 1.82) is 0 Å². The van der Waals surface area contributed by atoms with Gasteiger partial charge in [0, 0.05) is 17.9 Å². The second kappa shape index (κ2) is 12.4. The number of carbonyl (C=O) groups is 3. The molecule has 43 heavy (non-hydrogen) atoms. The largest absolute Gasteiger partial charge is 0.348 e. The highest BCUT2D eigenvalue weighted by molar-refractivity contribution is 6.01. The second-order valence-corrected chi connectivity index (χ2v) is 13.5. The topological polar surface area (TPSA) is 108 Å². The van der Waals surface area contributed by atoms with Gasteiger partial charge in [0.2, 0.25) is 11.8 Å². The smallest absolute Gasteiger partial charge is 0.270 e. The van der Waals surface area contributed by atoms with Crippen LogP contribution in [0.4, 0.5) is 5.69 Å². The lowest BCUT2D eigenvalue weighted by Crippen LogP contribution is -2.50. The van der Waals surface area contributed by atoms with Crippen molar-refractivity contribution in [1.82, 2.24) is 25.3 Å². The Bertz CT molecular complexity index is 1330. The maximum absolute atomic E-state index is 13.9. The lowest BCUT2D eigenvalue weighted by Gasteiger charge is -2.30. The minimum absolute atomic E-state index is 0.00368. The normalized spacial score (nSPS) is 21.1. The summed E-state index contributed by atoms with van der Waals surface area (Å²) in [4.78, 5) is 43.0. The van der Waals surface area contributed by atoms with E-state index in [0.717, 1.165) is 81.3 Å². The highest BCUT2D eigenvalue weighted by Gasteiger charge is 2.48. The number of aromatic nitrogens is 2. The molecule has 9 heteroatoms. The minimum Gasteiger partial charge on any atom is -0.348 e. The van der Waals surface area contributed by atoms with Crippen LogP contribution in [-0.2, 0) is 16.0 Å². The summed E-state index contributed by atoms with van der Waals surface area (Å²) in [5.74, 6) is 1.33. The van der Waals surface area contributed by atoms with Crippen molar-refractivity contribution in [2.45, 2.75) is 103 Å². The summed E-state index contributed by atoms with van der Waals surface area (Å²) in [7, 11) is 0.